The number of esters is 3. The van der Waals surface area contributed by atoms with Gasteiger partial charge in [-0.2, -0.15) is 0 Å². The molecular formula is C66H109O11P. The van der Waals surface area contributed by atoms with Crippen LogP contribution in [0.4, 0.5) is 0 Å². The summed E-state index contributed by atoms with van der Waals surface area (Å²) in [6, 6.07) is 0. The molecule has 0 aromatic heterocycles. The Bertz CT molecular complexity index is 1770. The van der Waals surface area contributed by atoms with Crippen molar-refractivity contribution in [3.63, 3.8) is 0 Å². The summed E-state index contributed by atoms with van der Waals surface area (Å²) < 4.78 is 39.5. The van der Waals surface area contributed by atoms with Crippen LogP contribution >= 0.6 is 7.82 Å². The van der Waals surface area contributed by atoms with Crippen molar-refractivity contribution in [1.29, 1.82) is 0 Å². The van der Waals surface area contributed by atoms with Crippen LogP contribution in [0.1, 0.15) is 239 Å². The van der Waals surface area contributed by atoms with Gasteiger partial charge in [0.25, 0.3) is 0 Å². The number of rotatable bonds is 55. The largest absolute Gasteiger partial charge is 0.472 e. The van der Waals surface area contributed by atoms with Crippen molar-refractivity contribution in [3.05, 3.63) is 122 Å². The third kappa shape index (κ3) is 56.6. The molecule has 3 atom stereocenters. The molecule has 0 aromatic carbocycles. The van der Waals surface area contributed by atoms with Crippen LogP contribution in [0.3, 0.4) is 0 Å². The van der Waals surface area contributed by atoms with Gasteiger partial charge in [-0.05, 0) is 116 Å². The molecule has 0 spiro atoms. The molecule has 444 valence electrons. The first-order chi connectivity index (χ1) is 38.2. The second-order valence-electron chi connectivity index (χ2n) is 19.7. The second-order valence-corrected chi connectivity index (χ2v) is 21.2. The highest BCUT2D eigenvalue weighted by Crippen LogP contribution is 2.43. The Labute approximate surface area is 475 Å². The zero-order chi connectivity index (χ0) is 56.9. The summed E-state index contributed by atoms with van der Waals surface area (Å²) in [6.45, 7) is 4.31. The number of hydrogen-bond donors (Lipinski definition) is 2. The topological polar surface area (TPSA) is 155 Å². The maximum atomic E-state index is 12.9. The van der Waals surface area contributed by atoms with Gasteiger partial charge in [0, 0.05) is 19.3 Å². The van der Waals surface area contributed by atoms with Gasteiger partial charge in [-0.15, -0.1) is 0 Å². The minimum Gasteiger partial charge on any atom is -0.462 e. The highest BCUT2D eigenvalue weighted by molar-refractivity contribution is 7.47. The molecule has 0 aliphatic rings. The molecule has 0 amide bonds. The van der Waals surface area contributed by atoms with Crippen LogP contribution in [-0.2, 0) is 42.2 Å². The average molecular weight is 1110 g/mol. The van der Waals surface area contributed by atoms with Crippen LogP contribution in [0.2, 0.25) is 0 Å². The Morgan fingerprint density at radius 2 is 0.692 bits per heavy atom. The van der Waals surface area contributed by atoms with Gasteiger partial charge in [0.15, 0.2) is 6.10 Å². The zero-order valence-corrected chi connectivity index (χ0v) is 50.0. The van der Waals surface area contributed by atoms with Crippen molar-refractivity contribution in [2.75, 3.05) is 26.4 Å². The van der Waals surface area contributed by atoms with Crippen molar-refractivity contribution < 1.29 is 52.2 Å². The molecule has 3 unspecified atom stereocenters. The summed E-state index contributed by atoms with van der Waals surface area (Å²) in [5.74, 6) is -1.60. The van der Waals surface area contributed by atoms with Gasteiger partial charge in [0.05, 0.1) is 19.8 Å². The molecule has 0 fully saturated rings. The third-order valence-corrected chi connectivity index (χ3v) is 13.3. The Morgan fingerprint density at radius 3 is 1.12 bits per heavy atom. The summed E-state index contributed by atoms with van der Waals surface area (Å²) in [5.41, 5.74) is 0. The van der Waals surface area contributed by atoms with Crippen molar-refractivity contribution in [3.8, 4) is 0 Å². The first-order valence-corrected chi connectivity index (χ1v) is 31.9. The van der Waals surface area contributed by atoms with Crippen LogP contribution in [-0.4, -0.2) is 66.5 Å². The van der Waals surface area contributed by atoms with Gasteiger partial charge < -0.3 is 24.2 Å². The molecule has 78 heavy (non-hydrogen) atoms. The summed E-state index contributed by atoms with van der Waals surface area (Å²) in [6.07, 6.45) is 73.1. The van der Waals surface area contributed by atoms with E-state index in [4.69, 9.17) is 23.3 Å². The van der Waals surface area contributed by atoms with Gasteiger partial charge in [0.2, 0.25) is 0 Å². The van der Waals surface area contributed by atoms with Crippen LogP contribution in [0.5, 0.6) is 0 Å². The van der Waals surface area contributed by atoms with Gasteiger partial charge in [0.1, 0.15) is 12.7 Å². The van der Waals surface area contributed by atoms with E-state index in [-0.39, 0.29) is 25.9 Å². The Kier molecular flexibility index (Phi) is 55.9. The van der Waals surface area contributed by atoms with E-state index in [1.807, 2.05) is 12.2 Å². The van der Waals surface area contributed by atoms with E-state index >= 15 is 0 Å². The lowest BCUT2D eigenvalue weighted by molar-refractivity contribution is -0.161. The molecule has 0 aliphatic heterocycles. The van der Waals surface area contributed by atoms with Crippen LogP contribution in [0, 0.1) is 0 Å². The minimum absolute atomic E-state index is 0.0324. The van der Waals surface area contributed by atoms with Crippen molar-refractivity contribution in [2.24, 2.45) is 0 Å². The number of aliphatic hydroxyl groups excluding tert-OH is 1. The molecule has 0 saturated heterocycles. The lowest BCUT2D eigenvalue weighted by atomic mass is 10.1. The minimum atomic E-state index is -4.78. The molecular weight excluding hydrogens is 1000 g/mol. The predicted molar refractivity (Wildman–Crippen MR) is 325 cm³/mol. The number of ether oxygens (including phenoxy) is 3. The highest BCUT2D eigenvalue weighted by atomic mass is 31.2. The Balaban J connectivity index is 4.84. The molecule has 0 bridgehead atoms. The molecule has 12 heteroatoms. The standard InChI is InChI=1S/C66H109O11P/c1-4-7-10-13-16-19-22-25-28-30-31-33-36-39-42-45-48-51-54-57-66(70)77-63(59-73-64(68)55-52-49-46-43-40-37-34-27-24-21-18-15-12-9-6-3)61-75-78(71,72)74-60-62(58-67)76-65(69)56-53-50-47-44-41-38-35-32-29-26-23-20-17-14-11-8-5-2/h7,9-10,12,16,18-19,21,25-29,31,33-34,39,42,48,51,62-63,67H,4-6,8,11,13-15,17,20,22-24,30,32,35-38,40-41,43-47,49-50,52-61H2,1-3H3,(H,71,72)/b10-7-,12-9-,19-16-,21-18-,28-25-,29-26-,33-31-,34-27-,42-39-,51-48-. The van der Waals surface area contributed by atoms with E-state index in [0.29, 0.717) is 25.7 Å². The normalized spacial score (nSPS) is 14.2. The van der Waals surface area contributed by atoms with Gasteiger partial charge in [-0.25, -0.2) is 4.57 Å². The number of phosphoric acid groups is 1. The van der Waals surface area contributed by atoms with Crippen molar-refractivity contribution >= 4 is 25.7 Å². The summed E-state index contributed by atoms with van der Waals surface area (Å²) in [5, 5.41) is 9.84. The van der Waals surface area contributed by atoms with E-state index < -0.39 is 57.8 Å². The summed E-state index contributed by atoms with van der Waals surface area (Å²) in [4.78, 5) is 48.6. The molecule has 2 N–H and O–H groups in total. The van der Waals surface area contributed by atoms with Gasteiger partial charge in [-0.3, -0.25) is 23.4 Å². The molecule has 11 nitrogen and oxygen atoms in total. The lowest BCUT2D eigenvalue weighted by Crippen LogP contribution is -2.30. The molecule has 0 heterocycles. The van der Waals surface area contributed by atoms with Gasteiger partial charge in [-0.1, -0.05) is 226 Å². The van der Waals surface area contributed by atoms with E-state index in [9.17, 15) is 28.9 Å². The number of phosphoric ester groups is 1. The fourth-order valence-corrected chi connectivity index (χ4v) is 8.59. The fourth-order valence-electron chi connectivity index (χ4n) is 7.80. The van der Waals surface area contributed by atoms with Crippen molar-refractivity contribution in [1.82, 2.24) is 0 Å². The van der Waals surface area contributed by atoms with Gasteiger partial charge >= 0.3 is 25.7 Å². The number of carbonyl (C=O) groups excluding carboxylic acids is 3. The monoisotopic (exact) mass is 1110 g/mol. The third-order valence-electron chi connectivity index (χ3n) is 12.4. The van der Waals surface area contributed by atoms with Crippen LogP contribution in [0.15, 0.2) is 122 Å². The van der Waals surface area contributed by atoms with Crippen LogP contribution < -0.4 is 0 Å². The first-order valence-electron chi connectivity index (χ1n) is 30.4. The molecule has 0 aromatic rings. The zero-order valence-electron chi connectivity index (χ0n) is 49.1. The summed E-state index contributed by atoms with van der Waals surface area (Å²) in [7, 11) is -4.78. The Morgan fingerprint density at radius 1 is 0.372 bits per heavy atom. The number of unbranched alkanes of at least 4 members (excludes halogenated alkanes) is 18. The van der Waals surface area contributed by atoms with E-state index in [1.54, 1.807) is 0 Å². The van der Waals surface area contributed by atoms with Crippen LogP contribution in [0.25, 0.3) is 0 Å². The smallest absolute Gasteiger partial charge is 0.462 e. The van der Waals surface area contributed by atoms with Crippen molar-refractivity contribution in [2.45, 2.75) is 251 Å². The second kappa shape index (κ2) is 59.0. The molecule has 0 radical (unpaired) electrons. The lowest BCUT2D eigenvalue weighted by Gasteiger charge is -2.21. The summed E-state index contributed by atoms with van der Waals surface area (Å²) >= 11 is 0. The van der Waals surface area contributed by atoms with E-state index in [1.165, 1.54) is 64.2 Å². The SMILES string of the molecule is CC/C=C\C/C=C\C/C=C\C/C=C\C/C=C\C/C=C\CCC(=O)OC(COC(=O)CCCCCCC/C=C\C/C=C\C/C=C\CC)COP(=O)(O)OCC(CO)OC(=O)CCCCCCCCC/C=C\CCCCCCCC. The maximum Gasteiger partial charge on any atom is 0.472 e. The number of aliphatic hydroxyl groups is 1. The molecule has 0 saturated carbocycles. The Hall–Kier alpha value is -4.12. The molecule has 0 rings (SSSR count). The number of hydrogen-bond acceptors (Lipinski definition) is 10. The predicted octanol–water partition coefficient (Wildman–Crippen LogP) is 18.4. The number of allylic oxidation sites excluding steroid dienone is 20. The van der Waals surface area contributed by atoms with E-state index in [0.717, 1.165) is 109 Å². The first kappa shape index (κ1) is 73.9. The highest BCUT2D eigenvalue weighted by Gasteiger charge is 2.28. The molecule has 0 aliphatic carbocycles. The fraction of sp³-hybridized carbons (Fsp3) is 0.652. The number of carbonyl (C=O) groups is 3. The maximum absolute atomic E-state index is 12.9. The quantitative estimate of drug-likeness (QED) is 0.0197. The average Bonchev–Trinajstić information content (AvgIpc) is 3.43. The van der Waals surface area contributed by atoms with E-state index in [2.05, 4.69) is 130 Å².